The Morgan fingerprint density at radius 1 is 0.286 bits per heavy atom. The Hall–Kier alpha value is -9.11. The normalized spacial score (nSPS) is 12.9. The van der Waals surface area contributed by atoms with Crippen LogP contribution >= 0.6 is 0 Å². The van der Waals surface area contributed by atoms with Crippen LogP contribution in [0.2, 0.25) is 0 Å². The van der Waals surface area contributed by atoms with Gasteiger partial charge in [-0.15, -0.1) is 0 Å². The summed E-state index contributed by atoms with van der Waals surface area (Å²) in [5, 5.41) is 4.83. The molecule has 0 amide bonds. The van der Waals surface area contributed by atoms with Crippen molar-refractivity contribution in [1.29, 1.82) is 0 Å². The zero-order chi connectivity index (χ0) is 46.2. The number of fused-ring (bicyclic) bond motifs is 11. The van der Waals surface area contributed by atoms with Crippen LogP contribution in [0, 0.1) is 0 Å². The molecule has 14 rings (SSSR count). The highest BCUT2D eigenvalue weighted by Gasteiger charge is 2.51. The Bertz CT molecular complexity index is 3860. The first-order valence-electron chi connectivity index (χ1n) is 24.2. The number of para-hydroxylation sites is 3. The van der Waals surface area contributed by atoms with Gasteiger partial charge in [0.2, 0.25) is 0 Å². The van der Waals surface area contributed by atoms with Crippen LogP contribution in [0.25, 0.3) is 88.4 Å². The van der Waals surface area contributed by atoms with Gasteiger partial charge in [0.1, 0.15) is 0 Å². The summed E-state index contributed by atoms with van der Waals surface area (Å²) in [5.41, 5.74) is 22.5. The number of benzene rings is 11. The standard InChI is InChI=1S/C68H44N2/c1-3-17-45(18-4-1)46-35-37-49(38-36-46)66-54-22-7-9-24-56(54)67(57-25-10-8-23-55(57)66)63-42-40-51(44-69-63)48-33-31-47(32-34-48)50-39-41-60-58(43-50)53-21-11-12-26-59(53)68(60)61-27-13-15-29-64(61)70(52-19-5-2-6-20-52)65-30-16-14-28-62(65)68/h1-44H. The topological polar surface area (TPSA) is 16.1 Å². The summed E-state index contributed by atoms with van der Waals surface area (Å²) in [7, 11) is 0. The van der Waals surface area contributed by atoms with E-state index >= 15 is 0 Å². The number of nitrogens with zero attached hydrogens (tertiary/aromatic N) is 2. The molecule has 11 aromatic carbocycles. The Morgan fingerprint density at radius 3 is 1.31 bits per heavy atom. The zero-order valence-electron chi connectivity index (χ0n) is 38.3. The second-order valence-corrected chi connectivity index (χ2v) is 18.6. The van der Waals surface area contributed by atoms with Gasteiger partial charge in [-0.25, -0.2) is 0 Å². The summed E-state index contributed by atoms with van der Waals surface area (Å²) in [6.07, 6.45) is 2.04. The SMILES string of the molecule is c1ccc(-c2ccc(-c3c4ccccc4c(-c4ccc(-c5ccc(-c6ccc7c(c6)-c6ccccc6C76c7ccccc7N(c7ccccc7)c7ccccc76)cc5)cn4)c4ccccc34)cc2)cc1. The summed E-state index contributed by atoms with van der Waals surface area (Å²) < 4.78 is 0. The fraction of sp³-hybridized carbons (Fsp3) is 0.0147. The highest BCUT2D eigenvalue weighted by molar-refractivity contribution is 6.21. The largest absolute Gasteiger partial charge is 0.310 e. The zero-order valence-corrected chi connectivity index (χ0v) is 38.3. The number of aromatic nitrogens is 1. The molecule has 0 radical (unpaired) electrons. The van der Waals surface area contributed by atoms with Crippen LogP contribution in [-0.4, -0.2) is 4.98 Å². The lowest BCUT2D eigenvalue weighted by Crippen LogP contribution is -2.36. The van der Waals surface area contributed by atoms with Crippen LogP contribution in [0.1, 0.15) is 22.3 Å². The third-order valence-corrected chi connectivity index (χ3v) is 14.9. The van der Waals surface area contributed by atoms with Crippen LogP contribution in [-0.2, 0) is 5.41 Å². The predicted molar refractivity (Wildman–Crippen MR) is 292 cm³/mol. The molecule has 2 heteroatoms. The van der Waals surface area contributed by atoms with Crippen molar-refractivity contribution in [2.24, 2.45) is 0 Å². The first-order valence-corrected chi connectivity index (χ1v) is 24.2. The highest BCUT2D eigenvalue weighted by atomic mass is 15.2. The van der Waals surface area contributed by atoms with Crippen molar-refractivity contribution >= 4 is 38.6 Å². The minimum absolute atomic E-state index is 0.471. The molecule has 0 saturated heterocycles. The van der Waals surface area contributed by atoms with Gasteiger partial charge >= 0.3 is 0 Å². The van der Waals surface area contributed by atoms with Gasteiger partial charge in [-0.1, -0.05) is 224 Å². The Kier molecular flexibility index (Phi) is 9.15. The van der Waals surface area contributed by atoms with Crippen molar-refractivity contribution in [2.45, 2.75) is 5.41 Å². The summed E-state index contributed by atoms with van der Waals surface area (Å²) in [6.45, 7) is 0. The summed E-state index contributed by atoms with van der Waals surface area (Å²) in [4.78, 5) is 7.64. The lowest BCUT2D eigenvalue weighted by atomic mass is 9.64. The predicted octanol–water partition coefficient (Wildman–Crippen LogP) is 17.9. The van der Waals surface area contributed by atoms with Gasteiger partial charge < -0.3 is 4.90 Å². The molecule has 2 aliphatic rings. The molecule has 0 N–H and O–H groups in total. The number of pyridine rings is 1. The minimum Gasteiger partial charge on any atom is -0.310 e. The molecule has 0 unspecified atom stereocenters. The molecule has 0 saturated carbocycles. The molecule has 1 aliphatic carbocycles. The molecule has 2 heterocycles. The number of anilines is 3. The van der Waals surface area contributed by atoms with Crippen molar-refractivity contribution in [1.82, 2.24) is 4.98 Å². The minimum atomic E-state index is -0.471. The first kappa shape index (κ1) is 40.0. The average molecular weight is 889 g/mol. The maximum absolute atomic E-state index is 5.21. The van der Waals surface area contributed by atoms with E-state index in [0.29, 0.717) is 0 Å². The maximum Gasteiger partial charge on any atom is 0.0754 e. The van der Waals surface area contributed by atoms with Crippen molar-refractivity contribution in [3.8, 4) is 66.9 Å². The van der Waals surface area contributed by atoms with Crippen molar-refractivity contribution in [3.63, 3.8) is 0 Å². The smallest absolute Gasteiger partial charge is 0.0754 e. The Balaban J connectivity index is 0.815. The molecule has 1 aliphatic heterocycles. The van der Waals surface area contributed by atoms with Crippen LogP contribution in [0.5, 0.6) is 0 Å². The molecule has 326 valence electrons. The van der Waals surface area contributed by atoms with E-state index in [9.17, 15) is 0 Å². The van der Waals surface area contributed by atoms with Crippen LogP contribution in [0.3, 0.4) is 0 Å². The summed E-state index contributed by atoms with van der Waals surface area (Å²) in [5.74, 6) is 0. The third kappa shape index (κ3) is 6.03. The van der Waals surface area contributed by atoms with Crippen molar-refractivity contribution in [2.75, 3.05) is 4.90 Å². The van der Waals surface area contributed by atoms with E-state index < -0.39 is 5.41 Å². The van der Waals surface area contributed by atoms with Gasteiger partial charge in [-0.05, 0) is 130 Å². The lowest BCUT2D eigenvalue weighted by molar-refractivity contribution is 0.753. The second kappa shape index (κ2) is 16.0. The van der Waals surface area contributed by atoms with E-state index in [4.69, 9.17) is 4.98 Å². The quantitative estimate of drug-likeness (QED) is 0.155. The monoisotopic (exact) mass is 888 g/mol. The van der Waals surface area contributed by atoms with Gasteiger partial charge in [0.15, 0.2) is 0 Å². The van der Waals surface area contributed by atoms with E-state index in [0.717, 1.165) is 28.1 Å². The molecular formula is C68H44N2. The number of rotatable bonds is 6. The lowest BCUT2D eigenvalue weighted by Gasteiger charge is -2.45. The summed E-state index contributed by atoms with van der Waals surface area (Å²) >= 11 is 0. The van der Waals surface area contributed by atoms with Gasteiger partial charge in [-0.3, -0.25) is 4.98 Å². The Morgan fingerprint density at radius 2 is 0.714 bits per heavy atom. The Labute approximate surface area is 408 Å². The molecule has 2 nitrogen and oxygen atoms in total. The van der Waals surface area contributed by atoms with Crippen LogP contribution in [0.4, 0.5) is 17.1 Å². The molecule has 0 fully saturated rings. The van der Waals surface area contributed by atoms with E-state index in [2.05, 4.69) is 266 Å². The molecule has 12 aromatic rings. The number of hydrogen-bond donors (Lipinski definition) is 0. The van der Waals surface area contributed by atoms with E-state index in [-0.39, 0.29) is 0 Å². The highest BCUT2D eigenvalue weighted by Crippen LogP contribution is 2.63. The van der Waals surface area contributed by atoms with Gasteiger partial charge in [-0.2, -0.15) is 0 Å². The fourth-order valence-corrected chi connectivity index (χ4v) is 11.9. The fourth-order valence-electron chi connectivity index (χ4n) is 11.9. The van der Waals surface area contributed by atoms with Gasteiger partial charge in [0.25, 0.3) is 0 Å². The molecule has 0 atom stereocenters. The third-order valence-electron chi connectivity index (χ3n) is 14.9. The summed E-state index contributed by atoms with van der Waals surface area (Å²) in [6, 6.07) is 95.6. The van der Waals surface area contributed by atoms with E-state index in [1.165, 1.54) is 99.7 Å². The van der Waals surface area contributed by atoms with Gasteiger partial charge in [0, 0.05) is 23.0 Å². The van der Waals surface area contributed by atoms with Crippen LogP contribution in [0.15, 0.2) is 267 Å². The van der Waals surface area contributed by atoms with Crippen LogP contribution < -0.4 is 4.90 Å². The molecule has 1 spiro atoms. The first-order chi connectivity index (χ1) is 34.7. The molecular weight excluding hydrogens is 845 g/mol. The molecule has 0 bridgehead atoms. The van der Waals surface area contributed by atoms with E-state index in [1.54, 1.807) is 0 Å². The average Bonchev–Trinajstić information content (AvgIpc) is 3.73. The second-order valence-electron chi connectivity index (χ2n) is 18.6. The number of hydrogen-bond acceptors (Lipinski definition) is 2. The molecule has 1 aromatic heterocycles. The van der Waals surface area contributed by atoms with Crippen molar-refractivity contribution in [3.05, 3.63) is 289 Å². The maximum atomic E-state index is 5.21. The van der Waals surface area contributed by atoms with E-state index in [1.807, 2.05) is 6.20 Å². The van der Waals surface area contributed by atoms with Gasteiger partial charge in [0.05, 0.1) is 22.5 Å². The molecule has 70 heavy (non-hydrogen) atoms. The van der Waals surface area contributed by atoms with Crippen molar-refractivity contribution < 1.29 is 0 Å².